The van der Waals surface area contributed by atoms with Crippen molar-refractivity contribution in [2.45, 2.75) is 26.3 Å². The van der Waals surface area contributed by atoms with Gasteiger partial charge in [-0.25, -0.2) is 9.98 Å². The second-order valence-corrected chi connectivity index (χ2v) is 6.42. The summed E-state index contributed by atoms with van der Waals surface area (Å²) in [4.78, 5) is 8.92. The molecule has 0 amide bonds. The number of guanidine groups is 1. The van der Waals surface area contributed by atoms with Crippen LogP contribution in [0.25, 0.3) is 11.4 Å². The lowest BCUT2D eigenvalue weighted by molar-refractivity contribution is 0.699. The number of nitrogens with one attached hydrogen (secondary N) is 3. The SMILES string of the molecule is CCNC(=NCc1cccc(-c2ncn[nH]2)c1)NCC(C)c1ccccc1.I. The van der Waals surface area contributed by atoms with Crippen LogP contribution in [0, 0.1) is 0 Å². The van der Waals surface area contributed by atoms with Crippen LogP contribution in [-0.2, 0) is 6.54 Å². The normalized spacial score (nSPS) is 12.1. The lowest BCUT2D eigenvalue weighted by atomic mass is 10.0. The molecule has 148 valence electrons. The molecule has 7 heteroatoms. The summed E-state index contributed by atoms with van der Waals surface area (Å²) in [5.74, 6) is 2.00. The fraction of sp³-hybridized carbons (Fsp3) is 0.286. The maximum atomic E-state index is 4.72. The highest BCUT2D eigenvalue weighted by Crippen LogP contribution is 2.16. The Morgan fingerprint density at radius 1 is 1.11 bits per heavy atom. The van der Waals surface area contributed by atoms with Gasteiger partial charge in [0.25, 0.3) is 0 Å². The van der Waals surface area contributed by atoms with Gasteiger partial charge in [-0.05, 0) is 30.0 Å². The smallest absolute Gasteiger partial charge is 0.191 e. The zero-order valence-corrected chi connectivity index (χ0v) is 18.6. The molecule has 0 fully saturated rings. The van der Waals surface area contributed by atoms with Crippen LogP contribution in [0.15, 0.2) is 65.9 Å². The molecule has 1 aromatic heterocycles. The van der Waals surface area contributed by atoms with E-state index in [4.69, 9.17) is 4.99 Å². The van der Waals surface area contributed by atoms with Gasteiger partial charge in [0, 0.05) is 18.7 Å². The highest BCUT2D eigenvalue weighted by Gasteiger charge is 2.06. The van der Waals surface area contributed by atoms with Gasteiger partial charge in [-0.3, -0.25) is 5.10 Å². The van der Waals surface area contributed by atoms with Gasteiger partial charge in [-0.1, -0.05) is 55.5 Å². The first kappa shape index (κ1) is 21.9. The van der Waals surface area contributed by atoms with Crippen LogP contribution in [0.5, 0.6) is 0 Å². The molecule has 0 aliphatic heterocycles. The summed E-state index contributed by atoms with van der Waals surface area (Å²) in [6.45, 7) is 6.53. The van der Waals surface area contributed by atoms with Crippen molar-refractivity contribution in [1.82, 2.24) is 25.8 Å². The molecule has 1 atom stereocenters. The van der Waals surface area contributed by atoms with Crippen molar-refractivity contribution in [2.24, 2.45) is 4.99 Å². The van der Waals surface area contributed by atoms with E-state index in [2.05, 4.69) is 76.1 Å². The molecule has 3 N–H and O–H groups in total. The Morgan fingerprint density at radius 3 is 2.64 bits per heavy atom. The predicted octanol–water partition coefficient (Wildman–Crippen LogP) is 3.95. The number of H-pyrrole nitrogens is 1. The lowest BCUT2D eigenvalue weighted by Crippen LogP contribution is -2.39. The molecule has 0 radical (unpaired) electrons. The minimum Gasteiger partial charge on any atom is -0.357 e. The van der Waals surface area contributed by atoms with Crippen LogP contribution in [0.4, 0.5) is 0 Å². The van der Waals surface area contributed by atoms with Crippen LogP contribution in [0.3, 0.4) is 0 Å². The minimum absolute atomic E-state index is 0. The van der Waals surface area contributed by atoms with Gasteiger partial charge in [0.15, 0.2) is 11.8 Å². The summed E-state index contributed by atoms with van der Waals surface area (Å²) in [7, 11) is 0. The maximum Gasteiger partial charge on any atom is 0.191 e. The first-order valence-electron chi connectivity index (χ1n) is 9.28. The third-order valence-electron chi connectivity index (χ3n) is 4.32. The first-order chi connectivity index (χ1) is 13.3. The second-order valence-electron chi connectivity index (χ2n) is 6.42. The number of hydrogen-bond donors (Lipinski definition) is 3. The number of halogens is 1. The van der Waals surface area contributed by atoms with E-state index in [1.807, 2.05) is 18.2 Å². The Bertz CT molecular complexity index is 848. The molecule has 2 aromatic carbocycles. The van der Waals surface area contributed by atoms with E-state index in [0.717, 1.165) is 36.0 Å². The van der Waals surface area contributed by atoms with Gasteiger partial charge < -0.3 is 10.6 Å². The Morgan fingerprint density at radius 2 is 1.93 bits per heavy atom. The van der Waals surface area contributed by atoms with Crippen molar-refractivity contribution < 1.29 is 0 Å². The third-order valence-corrected chi connectivity index (χ3v) is 4.32. The van der Waals surface area contributed by atoms with Crippen molar-refractivity contribution in [2.75, 3.05) is 13.1 Å². The van der Waals surface area contributed by atoms with Crippen LogP contribution in [-0.4, -0.2) is 34.2 Å². The first-order valence-corrected chi connectivity index (χ1v) is 9.28. The number of hydrogen-bond acceptors (Lipinski definition) is 3. The highest BCUT2D eigenvalue weighted by atomic mass is 127. The number of aliphatic imine (C=N–C) groups is 1. The van der Waals surface area contributed by atoms with E-state index in [9.17, 15) is 0 Å². The van der Waals surface area contributed by atoms with Gasteiger partial charge in [0.05, 0.1) is 6.54 Å². The van der Waals surface area contributed by atoms with E-state index in [-0.39, 0.29) is 24.0 Å². The standard InChI is InChI=1S/C21H26N6.HI/c1-3-22-21(23-13-16(2)18-9-5-4-6-10-18)24-14-17-8-7-11-19(12-17)20-25-15-26-27-20;/h4-12,15-16H,3,13-14H2,1-2H3,(H2,22,23,24)(H,25,26,27);1H. The summed E-state index contributed by atoms with van der Waals surface area (Å²) >= 11 is 0. The van der Waals surface area contributed by atoms with Gasteiger partial charge in [-0.15, -0.1) is 24.0 Å². The average molecular weight is 490 g/mol. The van der Waals surface area contributed by atoms with Crippen LogP contribution in [0.2, 0.25) is 0 Å². The lowest BCUT2D eigenvalue weighted by Gasteiger charge is -2.16. The molecule has 1 unspecified atom stereocenters. The molecule has 3 rings (SSSR count). The van der Waals surface area contributed by atoms with E-state index in [0.29, 0.717) is 12.5 Å². The molecular formula is C21H27IN6. The maximum absolute atomic E-state index is 4.72. The van der Waals surface area contributed by atoms with Crippen molar-refractivity contribution in [1.29, 1.82) is 0 Å². The largest absolute Gasteiger partial charge is 0.357 e. The molecule has 0 saturated heterocycles. The summed E-state index contributed by atoms with van der Waals surface area (Å²) in [6, 6.07) is 18.7. The monoisotopic (exact) mass is 490 g/mol. The third kappa shape index (κ3) is 6.33. The molecule has 6 nitrogen and oxygen atoms in total. The molecule has 1 heterocycles. The van der Waals surface area contributed by atoms with Crippen molar-refractivity contribution in [3.05, 3.63) is 72.1 Å². The molecule has 0 spiro atoms. The number of aromatic amines is 1. The molecular weight excluding hydrogens is 463 g/mol. The van der Waals surface area contributed by atoms with Crippen molar-refractivity contribution in [3.8, 4) is 11.4 Å². The number of aromatic nitrogens is 3. The van der Waals surface area contributed by atoms with Gasteiger partial charge in [0.1, 0.15) is 6.33 Å². The van der Waals surface area contributed by atoms with E-state index >= 15 is 0 Å². The summed E-state index contributed by atoms with van der Waals surface area (Å²) in [5, 5.41) is 13.6. The Kier molecular flexibility index (Phi) is 8.93. The average Bonchev–Trinajstić information content (AvgIpc) is 3.26. The van der Waals surface area contributed by atoms with Gasteiger partial charge >= 0.3 is 0 Å². The quantitative estimate of drug-likeness (QED) is 0.266. The molecule has 0 saturated carbocycles. The molecule has 0 bridgehead atoms. The molecule has 0 aliphatic carbocycles. The van der Waals surface area contributed by atoms with E-state index in [1.165, 1.54) is 11.9 Å². The fourth-order valence-corrected chi connectivity index (χ4v) is 2.82. The van der Waals surface area contributed by atoms with Crippen molar-refractivity contribution >= 4 is 29.9 Å². The topological polar surface area (TPSA) is 78.0 Å². The Labute approximate surface area is 183 Å². The van der Waals surface area contributed by atoms with Crippen LogP contribution in [0.1, 0.15) is 30.9 Å². The van der Waals surface area contributed by atoms with E-state index < -0.39 is 0 Å². The summed E-state index contributed by atoms with van der Waals surface area (Å²) in [6.07, 6.45) is 1.52. The predicted molar refractivity (Wildman–Crippen MR) is 125 cm³/mol. The van der Waals surface area contributed by atoms with Gasteiger partial charge in [-0.2, -0.15) is 5.10 Å². The van der Waals surface area contributed by atoms with Crippen LogP contribution >= 0.6 is 24.0 Å². The summed E-state index contributed by atoms with van der Waals surface area (Å²) in [5.41, 5.74) is 3.45. The van der Waals surface area contributed by atoms with E-state index in [1.54, 1.807) is 0 Å². The highest BCUT2D eigenvalue weighted by molar-refractivity contribution is 14.0. The Balaban J connectivity index is 0.00000280. The molecule has 0 aliphatic rings. The second kappa shape index (κ2) is 11.4. The van der Waals surface area contributed by atoms with Crippen molar-refractivity contribution in [3.63, 3.8) is 0 Å². The number of nitrogens with zero attached hydrogens (tertiary/aromatic N) is 3. The minimum atomic E-state index is 0. The fourth-order valence-electron chi connectivity index (χ4n) is 2.82. The number of benzene rings is 2. The molecule has 28 heavy (non-hydrogen) atoms. The van der Waals surface area contributed by atoms with Gasteiger partial charge in [0.2, 0.25) is 0 Å². The zero-order valence-electron chi connectivity index (χ0n) is 16.2. The number of rotatable bonds is 7. The summed E-state index contributed by atoms with van der Waals surface area (Å²) < 4.78 is 0. The zero-order chi connectivity index (χ0) is 18.9. The Hall–Kier alpha value is -2.42. The van der Waals surface area contributed by atoms with Crippen LogP contribution < -0.4 is 10.6 Å². The molecule has 3 aromatic rings.